The number of anilines is 1. The molecule has 3 aliphatic heterocycles. The summed E-state index contributed by atoms with van der Waals surface area (Å²) in [4.78, 5) is 6.80. The molecule has 0 unspecified atom stereocenters. The van der Waals surface area contributed by atoms with Crippen molar-refractivity contribution in [3.8, 4) is 11.5 Å². The summed E-state index contributed by atoms with van der Waals surface area (Å²) in [5, 5.41) is 0.910. The van der Waals surface area contributed by atoms with Crippen molar-refractivity contribution < 1.29 is 17.9 Å². The van der Waals surface area contributed by atoms with E-state index in [-0.39, 0.29) is 30.4 Å². The predicted molar refractivity (Wildman–Crippen MR) is 96.0 cm³/mol. The summed E-state index contributed by atoms with van der Waals surface area (Å²) in [6.45, 7) is 4.56. The lowest BCUT2D eigenvalue weighted by atomic mass is 10.1. The highest BCUT2D eigenvalue weighted by Gasteiger charge is 2.47. The standard InChI is InChI=1S/C16H20N2O4S2/c1-10(2)6-23-16-17-12-7-24(19,20)8-13(12)18(16)11-3-4-14-15(5-11)22-9-21-14/h3-5,10,12-13H,6-9H2,1-2H3/t12-,13-/m1/s1. The van der Waals surface area contributed by atoms with E-state index in [1.54, 1.807) is 11.8 Å². The lowest BCUT2D eigenvalue weighted by Crippen LogP contribution is -2.39. The Hall–Kier alpha value is -1.41. The summed E-state index contributed by atoms with van der Waals surface area (Å²) in [6, 6.07) is 5.45. The van der Waals surface area contributed by atoms with Gasteiger partial charge in [0.15, 0.2) is 26.5 Å². The number of aliphatic imine (C=N–C) groups is 1. The Morgan fingerprint density at radius 2 is 2.08 bits per heavy atom. The maximum atomic E-state index is 12.0. The van der Waals surface area contributed by atoms with Gasteiger partial charge in [-0.2, -0.15) is 0 Å². The van der Waals surface area contributed by atoms with Crippen LogP contribution in [-0.4, -0.2) is 49.7 Å². The van der Waals surface area contributed by atoms with E-state index in [0.717, 1.165) is 22.4 Å². The van der Waals surface area contributed by atoms with Crippen molar-refractivity contribution in [1.29, 1.82) is 0 Å². The third-order valence-corrected chi connectivity index (χ3v) is 7.38. The first-order valence-electron chi connectivity index (χ1n) is 8.03. The number of rotatable bonds is 3. The molecule has 24 heavy (non-hydrogen) atoms. The summed E-state index contributed by atoms with van der Waals surface area (Å²) < 4.78 is 34.9. The monoisotopic (exact) mass is 368 g/mol. The Labute approximate surface area is 146 Å². The van der Waals surface area contributed by atoms with Crippen molar-refractivity contribution in [2.75, 3.05) is 29.0 Å². The number of amidine groups is 1. The minimum Gasteiger partial charge on any atom is -0.454 e. The Morgan fingerprint density at radius 1 is 1.29 bits per heavy atom. The Balaban J connectivity index is 1.68. The fourth-order valence-corrected chi connectivity index (χ4v) is 6.13. The predicted octanol–water partition coefficient (Wildman–Crippen LogP) is 2.15. The van der Waals surface area contributed by atoms with Gasteiger partial charge < -0.3 is 14.4 Å². The molecule has 0 aliphatic carbocycles. The van der Waals surface area contributed by atoms with Gasteiger partial charge in [-0.3, -0.25) is 4.99 Å². The van der Waals surface area contributed by atoms with Crippen LogP contribution >= 0.6 is 11.8 Å². The molecule has 0 N–H and O–H groups in total. The second kappa shape index (κ2) is 5.84. The fraction of sp³-hybridized carbons (Fsp3) is 0.562. The molecule has 6 nitrogen and oxygen atoms in total. The molecular formula is C16H20N2O4S2. The third kappa shape index (κ3) is 2.86. The summed E-state index contributed by atoms with van der Waals surface area (Å²) in [5.74, 6) is 3.21. The third-order valence-electron chi connectivity index (χ3n) is 4.29. The first-order valence-corrected chi connectivity index (χ1v) is 10.8. The van der Waals surface area contributed by atoms with Crippen LogP contribution < -0.4 is 14.4 Å². The van der Waals surface area contributed by atoms with E-state index in [0.29, 0.717) is 11.7 Å². The molecule has 1 saturated heterocycles. The molecule has 0 radical (unpaired) electrons. The topological polar surface area (TPSA) is 68.2 Å². The molecule has 3 heterocycles. The van der Waals surface area contributed by atoms with Crippen molar-refractivity contribution >= 4 is 32.5 Å². The molecule has 0 bridgehead atoms. The number of sulfone groups is 1. The van der Waals surface area contributed by atoms with Gasteiger partial charge in [0.1, 0.15) is 0 Å². The SMILES string of the molecule is CC(C)CSC1=N[C@@H]2CS(=O)(=O)C[C@H]2N1c1ccc2c(c1)OCO2. The highest BCUT2D eigenvalue weighted by Crippen LogP contribution is 2.40. The molecule has 1 fully saturated rings. The zero-order valence-electron chi connectivity index (χ0n) is 13.6. The summed E-state index contributed by atoms with van der Waals surface area (Å²) in [5.41, 5.74) is 0.916. The van der Waals surface area contributed by atoms with E-state index in [4.69, 9.17) is 14.5 Å². The van der Waals surface area contributed by atoms with E-state index >= 15 is 0 Å². The molecule has 130 valence electrons. The zero-order valence-corrected chi connectivity index (χ0v) is 15.3. The lowest BCUT2D eigenvalue weighted by Gasteiger charge is -2.26. The van der Waals surface area contributed by atoms with E-state index < -0.39 is 9.84 Å². The average Bonchev–Trinajstić information content (AvgIpc) is 3.15. The van der Waals surface area contributed by atoms with E-state index in [1.165, 1.54) is 0 Å². The van der Waals surface area contributed by atoms with Crippen molar-refractivity contribution in [1.82, 2.24) is 0 Å². The van der Waals surface area contributed by atoms with Crippen LogP contribution in [0.15, 0.2) is 23.2 Å². The molecule has 0 spiro atoms. The zero-order chi connectivity index (χ0) is 16.9. The van der Waals surface area contributed by atoms with E-state index in [1.807, 2.05) is 18.2 Å². The van der Waals surface area contributed by atoms with Gasteiger partial charge in [-0.05, 0) is 18.1 Å². The van der Waals surface area contributed by atoms with Gasteiger partial charge in [0.2, 0.25) is 6.79 Å². The Kier molecular flexibility index (Phi) is 3.91. The second-order valence-electron chi connectivity index (χ2n) is 6.74. The maximum Gasteiger partial charge on any atom is 0.231 e. The first-order chi connectivity index (χ1) is 11.4. The molecular weight excluding hydrogens is 348 g/mol. The van der Waals surface area contributed by atoms with Crippen LogP contribution in [0.5, 0.6) is 11.5 Å². The molecule has 8 heteroatoms. The average molecular weight is 368 g/mol. The van der Waals surface area contributed by atoms with Crippen LogP contribution in [0.3, 0.4) is 0 Å². The van der Waals surface area contributed by atoms with Gasteiger partial charge in [0, 0.05) is 17.5 Å². The van der Waals surface area contributed by atoms with Crippen molar-refractivity contribution in [3.05, 3.63) is 18.2 Å². The molecule has 1 aromatic rings. The maximum absolute atomic E-state index is 12.0. The summed E-state index contributed by atoms with van der Waals surface area (Å²) >= 11 is 1.69. The quantitative estimate of drug-likeness (QED) is 0.814. The van der Waals surface area contributed by atoms with Crippen LogP contribution in [-0.2, 0) is 9.84 Å². The number of hydrogen-bond acceptors (Lipinski definition) is 7. The van der Waals surface area contributed by atoms with Gasteiger partial charge in [-0.1, -0.05) is 25.6 Å². The van der Waals surface area contributed by atoms with Crippen molar-refractivity contribution in [2.24, 2.45) is 10.9 Å². The van der Waals surface area contributed by atoms with Gasteiger partial charge in [-0.15, -0.1) is 0 Å². The number of thioether (sulfide) groups is 1. The number of benzene rings is 1. The van der Waals surface area contributed by atoms with Gasteiger partial charge >= 0.3 is 0 Å². The van der Waals surface area contributed by atoms with Crippen LogP contribution in [0.1, 0.15) is 13.8 Å². The van der Waals surface area contributed by atoms with Gasteiger partial charge in [-0.25, -0.2) is 8.42 Å². The first kappa shape index (κ1) is 16.1. The molecule has 1 aromatic carbocycles. The molecule has 2 atom stereocenters. The van der Waals surface area contributed by atoms with E-state index in [9.17, 15) is 8.42 Å². The van der Waals surface area contributed by atoms with Crippen LogP contribution in [0, 0.1) is 5.92 Å². The molecule has 0 saturated carbocycles. The summed E-state index contributed by atoms with van der Waals surface area (Å²) in [6.07, 6.45) is 0. The van der Waals surface area contributed by atoms with Crippen molar-refractivity contribution in [2.45, 2.75) is 25.9 Å². The largest absolute Gasteiger partial charge is 0.454 e. The number of fused-ring (bicyclic) bond motifs is 2. The smallest absolute Gasteiger partial charge is 0.231 e. The van der Waals surface area contributed by atoms with Gasteiger partial charge in [0.25, 0.3) is 0 Å². The van der Waals surface area contributed by atoms with Crippen LogP contribution in [0.2, 0.25) is 0 Å². The molecule has 0 amide bonds. The lowest BCUT2D eigenvalue weighted by molar-refractivity contribution is 0.174. The van der Waals surface area contributed by atoms with Crippen LogP contribution in [0.4, 0.5) is 5.69 Å². The number of hydrogen-bond donors (Lipinski definition) is 0. The number of ether oxygens (including phenoxy) is 2. The molecule has 3 aliphatic rings. The van der Waals surface area contributed by atoms with Crippen molar-refractivity contribution in [3.63, 3.8) is 0 Å². The number of nitrogens with zero attached hydrogens (tertiary/aromatic N) is 2. The second-order valence-corrected chi connectivity index (χ2v) is 9.88. The minimum atomic E-state index is -3.03. The Morgan fingerprint density at radius 3 is 2.88 bits per heavy atom. The minimum absolute atomic E-state index is 0.120. The molecule has 0 aromatic heterocycles. The summed E-state index contributed by atoms with van der Waals surface area (Å²) in [7, 11) is -3.03. The molecule has 4 rings (SSSR count). The van der Waals surface area contributed by atoms with Crippen LogP contribution in [0.25, 0.3) is 0 Å². The highest BCUT2D eigenvalue weighted by molar-refractivity contribution is 8.14. The van der Waals surface area contributed by atoms with Gasteiger partial charge in [0.05, 0.1) is 23.6 Å². The Bertz CT molecular complexity index is 791. The normalized spacial score (nSPS) is 26.8. The highest BCUT2D eigenvalue weighted by atomic mass is 32.2. The van der Waals surface area contributed by atoms with E-state index in [2.05, 4.69) is 18.7 Å². The fourth-order valence-electron chi connectivity index (χ4n) is 3.21.